The van der Waals surface area contributed by atoms with Gasteiger partial charge in [0.05, 0.1) is 5.56 Å². The molecule has 2 aromatic carbocycles. The molecule has 2 aromatic rings. The van der Waals surface area contributed by atoms with Gasteiger partial charge in [0, 0.05) is 5.92 Å². The number of hydrogen-bond acceptors (Lipinski definition) is 1. The van der Waals surface area contributed by atoms with Gasteiger partial charge in [-0.2, -0.15) is 13.2 Å². The Bertz CT molecular complexity index is 549. The topological polar surface area (TPSA) is 26.0 Å². The Morgan fingerprint density at radius 3 is 2.25 bits per heavy atom. The molecule has 0 saturated carbocycles. The van der Waals surface area contributed by atoms with E-state index in [4.69, 9.17) is 5.73 Å². The smallest absolute Gasteiger partial charge is 0.330 e. The second kappa shape index (κ2) is 6.09. The minimum absolute atomic E-state index is 0.0275. The van der Waals surface area contributed by atoms with Crippen molar-refractivity contribution in [2.24, 2.45) is 5.73 Å². The van der Waals surface area contributed by atoms with Gasteiger partial charge in [0.25, 0.3) is 0 Å². The molecular weight excluding hydrogens is 263 g/mol. The largest absolute Gasteiger partial charge is 0.416 e. The molecule has 0 aromatic heterocycles. The molecule has 4 heteroatoms. The Hall–Kier alpha value is -1.81. The first-order valence-electron chi connectivity index (χ1n) is 6.42. The molecule has 0 heterocycles. The van der Waals surface area contributed by atoms with E-state index in [1.807, 2.05) is 30.3 Å². The zero-order valence-corrected chi connectivity index (χ0v) is 10.9. The van der Waals surface area contributed by atoms with Crippen molar-refractivity contribution in [1.82, 2.24) is 0 Å². The molecule has 20 heavy (non-hydrogen) atoms. The SMILES string of the molecule is NCC(Cc1cccc(C(F)(F)F)c1)c1ccccc1. The highest BCUT2D eigenvalue weighted by Crippen LogP contribution is 2.30. The van der Waals surface area contributed by atoms with Gasteiger partial charge in [-0.15, -0.1) is 0 Å². The molecule has 2 rings (SSSR count). The Balaban J connectivity index is 2.20. The predicted molar refractivity (Wildman–Crippen MR) is 73.4 cm³/mol. The van der Waals surface area contributed by atoms with Crippen LogP contribution < -0.4 is 5.73 Å². The highest BCUT2D eigenvalue weighted by Gasteiger charge is 2.30. The molecule has 2 N–H and O–H groups in total. The van der Waals surface area contributed by atoms with E-state index in [1.54, 1.807) is 6.07 Å². The standard InChI is InChI=1S/C16H16F3N/c17-16(18,19)15-8-4-5-12(10-15)9-14(11-20)13-6-2-1-3-7-13/h1-8,10,14H,9,11,20H2. The molecule has 0 aliphatic rings. The Labute approximate surface area is 116 Å². The lowest BCUT2D eigenvalue weighted by Gasteiger charge is -2.16. The highest BCUT2D eigenvalue weighted by molar-refractivity contribution is 5.29. The predicted octanol–water partition coefficient (Wildman–Crippen LogP) is 3.99. The molecule has 1 nitrogen and oxygen atoms in total. The van der Waals surface area contributed by atoms with Crippen LogP contribution in [0.2, 0.25) is 0 Å². The van der Waals surface area contributed by atoms with E-state index in [0.717, 1.165) is 11.6 Å². The quantitative estimate of drug-likeness (QED) is 0.899. The molecule has 0 spiro atoms. The van der Waals surface area contributed by atoms with Crippen molar-refractivity contribution in [2.45, 2.75) is 18.5 Å². The van der Waals surface area contributed by atoms with Crippen molar-refractivity contribution in [3.8, 4) is 0 Å². The van der Waals surface area contributed by atoms with Gasteiger partial charge in [-0.05, 0) is 30.2 Å². The molecule has 0 bridgehead atoms. The molecule has 0 aliphatic carbocycles. The normalized spacial score (nSPS) is 13.2. The second-order valence-corrected chi connectivity index (χ2v) is 4.75. The minimum atomic E-state index is -4.30. The highest BCUT2D eigenvalue weighted by atomic mass is 19.4. The fourth-order valence-electron chi connectivity index (χ4n) is 2.22. The van der Waals surface area contributed by atoms with Crippen LogP contribution >= 0.6 is 0 Å². The number of nitrogens with two attached hydrogens (primary N) is 1. The Morgan fingerprint density at radius 1 is 0.950 bits per heavy atom. The fraction of sp³-hybridized carbons (Fsp3) is 0.250. The maximum Gasteiger partial charge on any atom is 0.416 e. The molecule has 106 valence electrons. The maximum absolute atomic E-state index is 12.7. The molecule has 0 amide bonds. The van der Waals surface area contributed by atoms with Gasteiger partial charge in [0.15, 0.2) is 0 Å². The van der Waals surface area contributed by atoms with Crippen LogP contribution in [0.15, 0.2) is 54.6 Å². The van der Waals surface area contributed by atoms with E-state index in [2.05, 4.69) is 0 Å². The van der Waals surface area contributed by atoms with Gasteiger partial charge in [-0.3, -0.25) is 0 Å². The summed E-state index contributed by atoms with van der Waals surface area (Å²) < 4.78 is 38.1. The van der Waals surface area contributed by atoms with Crippen LogP contribution in [0.25, 0.3) is 0 Å². The Morgan fingerprint density at radius 2 is 1.65 bits per heavy atom. The molecule has 0 fully saturated rings. The first-order valence-corrected chi connectivity index (χ1v) is 6.42. The van der Waals surface area contributed by atoms with Crippen LogP contribution in [-0.2, 0) is 12.6 Å². The van der Waals surface area contributed by atoms with Crippen molar-refractivity contribution in [3.63, 3.8) is 0 Å². The first-order chi connectivity index (χ1) is 9.50. The van der Waals surface area contributed by atoms with Crippen LogP contribution in [0.3, 0.4) is 0 Å². The van der Waals surface area contributed by atoms with Crippen LogP contribution in [0.1, 0.15) is 22.6 Å². The Kier molecular flexibility index (Phi) is 4.45. The van der Waals surface area contributed by atoms with Gasteiger partial charge >= 0.3 is 6.18 Å². The zero-order valence-electron chi connectivity index (χ0n) is 10.9. The van der Waals surface area contributed by atoms with E-state index < -0.39 is 11.7 Å². The summed E-state index contributed by atoms with van der Waals surface area (Å²) in [5, 5.41) is 0. The van der Waals surface area contributed by atoms with Crippen LogP contribution in [0, 0.1) is 0 Å². The van der Waals surface area contributed by atoms with Gasteiger partial charge < -0.3 is 5.73 Å². The van der Waals surface area contributed by atoms with Crippen LogP contribution in [0.4, 0.5) is 13.2 Å². The third-order valence-corrected chi connectivity index (χ3v) is 3.29. The van der Waals surface area contributed by atoms with Crippen molar-refractivity contribution in [2.75, 3.05) is 6.54 Å². The average molecular weight is 279 g/mol. The van der Waals surface area contributed by atoms with Crippen molar-refractivity contribution in [1.29, 1.82) is 0 Å². The van der Waals surface area contributed by atoms with Gasteiger partial charge in [-0.1, -0.05) is 48.5 Å². The van der Waals surface area contributed by atoms with Gasteiger partial charge in [0.2, 0.25) is 0 Å². The monoisotopic (exact) mass is 279 g/mol. The lowest BCUT2D eigenvalue weighted by atomic mass is 9.91. The van der Waals surface area contributed by atoms with E-state index in [1.165, 1.54) is 12.1 Å². The maximum atomic E-state index is 12.7. The summed E-state index contributed by atoms with van der Waals surface area (Å²) in [6, 6.07) is 15.1. The number of rotatable bonds is 4. The number of alkyl halides is 3. The van der Waals surface area contributed by atoms with E-state index in [0.29, 0.717) is 18.5 Å². The van der Waals surface area contributed by atoms with E-state index in [9.17, 15) is 13.2 Å². The summed E-state index contributed by atoms with van der Waals surface area (Å²) in [5.74, 6) is 0.0275. The van der Waals surface area contributed by atoms with Crippen molar-refractivity contribution in [3.05, 3.63) is 71.3 Å². The second-order valence-electron chi connectivity index (χ2n) is 4.75. The summed E-state index contributed by atoms with van der Waals surface area (Å²) >= 11 is 0. The summed E-state index contributed by atoms with van der Waals surface area (Å²) in [5.41, 5.74) is 6.84. The van der Waals surface area contributed by atoms with Crippen LogP contribution in [-0.4, -0.2) is 6.54 Å². The number of hydrogen-bond donors (Lipinski definition) is 1. The van der Waals surface area contributed by atoms with E-state index in [-0.39, 0.29) is 5.92 Å². The molecule has 1 atom stereocenters. The third kappa shape index (κ3) is 3.61. The molecule has 0 aliphatic heterocycles. The first kappa shape index (κ1) is 14.6. The van der Waals surface area contributed by atoms with Gasteiger partial charge in [0.1, 0.15) is 0 Å². The third-order valence-electron chi connectivity index (χ3n) is 3.29. The summed E-state index contributed by atoms with van der Waals surface area (Å²) in [4.78, 5) is 0. The van der Waals surface area contributed by atoms with Crippen LogP contribution in [0.5, 0.6) is 0 Å². The molecule has 0 radical (unpaired) electrons. The number of benzene rings is 2. The summed E-state index contributed by atoms with van der Waals surface area (Å²) in [6.07, 6.45) is -3.80. The average Bonchev–Trinajstić information content (AvgIpc) is 2.45. The lowest BCUT2D eigenvalue weighted by Crippen LogP contribution is -2.15. The van der Waals surface area contributed by atoms with Crippen molar-refractivity contribution >= 4 is 0 Å². The fourth-order valence-corrected chi connectivity index (χ4v) is 2.22. The molecule has 0 saturated heterocycles. The zero-order chi connectivity index (χ0) is 14.6. The molecule has 1 unspecified atom stereocenters. The number of halogens is 3. The van der Waals surface area contributed by atoms with Crippen molar-refractivity contribution < 1.29 is 13.2 Å². The van der Waals surface area contributed by atoms with Gasteiger partial charge in [-0.25, -0.2) is 0 Å². The summed E-state index contributed by atoms with van der Waals surface area (Å²) in [7, 11) is 0. The lowest BCUT2D eigenvalue weighted by molar-refractivity contribution is -0.137. The molecular formula is C16H16F3N. The van der Waals surface area contributed by atoms with E-state index >= 15 is 0 Å². The summed E-state index contributed by atoms with van der Waals surface area (Å²) in [6.45, 7) is 0.403. The minimum Gasteiger partial charge on any atom is -0.330 e.